The summed E-state index contributed by atoms with van der Waals surface area (Å²) >= 11 is 2.96. The average Bonchev–Trinajstić information content (AvgIpc) is 3.16. The molecule has 0 spiro atoms. The second-order valence-corrected chi connectivity index (χ2v) is 8.19. The Bertz CT molecular complexity index is 1010. The predicted molar refractivity (Wildman–Crippen MR) is 98.2 cm³/mol. The zero-order valence-electron chi connectivity index (χ0n) is 13.2. The topological polar surface area (TPSA) is 58.7 Å². The minimum atomic E-state index is -0.267. The molecule has 0 amide bonds. The number of para-hydroxylation sites is 1. The highest BCUT2D eigenvalue weighted by molar-refractivity contribution is 8.00. The molecule has 0 aliphatic heterocycles. The van der Waals surface area contributed by atoms with E-state index in [1.54, 1.807) is 15.9 Å². The van der Waals surface area contributed by atoms with Crippen LogP contribution in [-0.4, -0.2) is 14.8 Å². The molecule has 0 saturated heterocycles. The first-order chi connectivity index (χ1) is 11.7. The molecule has 0 bridgehead atoms. The number of hydrogen-bond acceptors (Lipinski definition) is 5. The smallest absolute Gasteiger partial charge is 0.267 e. The Morgan fingerprint density at radius 1 is 1.33 bits per heavy atom. The van der Waals surface area contributed by atoms with Gasteiger partial charge in [0, 0.05) is 4.88 Å². The van der Waals surface area contributed by atoms with Gasteiger partial charge in [0.1, 0.15) is 4.83 Å². The number of thiophene rings is 1. The minimum Gasteiger partial charge on any atom is -0.268 e. The second kappa shape index (κ2) is 6.08. The number of fused-ring (bicyclic) bond motifs is 3. The van der Waals surface area contributed by atoms with Gasteiger partial charge in [0.15, 0.2) is 5.16 Å². The first-order valence-electron chi connectivity index (χ1n) is 7.88. The maximum atomic E-state index is 13.3. The van der Waals surface area contributed by atoms with Crippen molar-refractivity contribution in [2.24, 2.45) is 0 Å². The molecule has 120 valence electrons. The van der Waals surface area contributed by atoms with Crippen LogP contribution in [-0.2, 0) is 12.8 Å². The Morgan fingerprint density at radius 2 is 2.12 bits per heavy atom. The van der Waals surface area contributed by atoms with Crippen molar-refractivity contribution in [3.05, 3.63) is 51.1 Å². The van der Waals surface area contributed by atoms with Crippen LogP contribution in [0.25, 0.3) is 15.9 Å². The SMILES string of the molecule is CC(C#N)Sc1nc2sc3c(c2c(=O)n1-c1ccccc1)CCC3. The van der Waals surface area contributed by atoms with E-state index in [1.807, 2.05) is 37.3 Å². The van der Waals surface area contributed by atoms with E-state index in [9.17, 15) is 4.79 Å². The average molecular weight is 353 g/mol. The monoisotopic (exact) mass is 353 g/mol. The van der Waals surface area contributed by atoms with Gasteiger partial charge in [0.25, 0.3) is 5.56 Å². The highest BCUT2D eigenvalue weighted by Crippen LogP contribution is 2.36. The molecule has 0 saturated carbocycles. The van der Waals surface area contributed by atoms with Crippen molar-refractivity contribution in [2.75, 3.05) is 0 Å². The van der Waals surface area contributed by atoms with Gasteiger partial charge >= 0.3 is 0 Å². The molecule has 24 heavy (non-hydrogen) atoms. The van der Waals surface area contributed by atoms with Crippen molar-refractivity contribution in [1.82, 2.24) is 9.55 Å². The summed E-state index contributed by atoms with van der Waals surface area (Å²) < 4.78 is 1.66. The number of nitrogens with zero attached hydrogens (tertiary/aromatic N) is 3. The second-order valence-electron chi connectivity index (χ2n) is 5.80. The molecule has 1 aliphatic carbocycles. The number of hydrogen-bond donors (Lipinski definition) is 0. The number of benzene rings is 1. The molecule has 1 unspecified atom stereocenters. The summed E-state index contributed by atoms with van der Waals surface area (Å²) in [6.45, 7) is 1.82. The Hall–Kier alpha value is -2.10. The van der Waals surface area contributed by atoms with Crippen LogP contribution in [0.2, 0.25) is 0 Å². The van der Waals surface area contributed by atoms with E-state index in [0.717, 1.165) is 35.2 Å². The summed E-state index contributed by atoms with van der Waals surface area (Å²) in [5, 5.41) is 10.2. The summed E-state index contributed by atoms with van der Waals surface area (Å²) in [7, 11) is 0. The number of thioether (sulfide) groups is 1. The maximum absolute atomic E-state index is 13.3. The van der Waals surface area contributed by atoms with Gasteiger partial charge in [0.2, 0.25) is 0 Å². The van der Waals surface area contributed by atoms with E-state index < -0.39 is 0 Å². The molecular formula is C18H15N3OS2. The molecule has 2 aromatic heterocycles. The molecule has 1 aliphatic rings. The first-order valence-corrected chi connectivity index (χ1v) is 9.57. The highest BCUT2D eigenvalue weighted by atomic mass is 32.2. The van der Waals surface area contributed by atoms with E-state index in [4.69, 9.17) is 10.2 Å². The molecule has 4 nitrogen and oxygen atoms in total. The zero-order valence-corrected chi connectivity index (χ0v) is 14.8. The lowest BCUT2D eigenvalue weighted by Crippen LogP contribution is -2.22. The molecular weight excluding hydrogens is 338 g/mol. The Labute approximate surface area is 147 Å². The van der Waals surface area contributed by atoms with Crippen LogP contribution in [0.5, 0.6) is 0 Å². The van der Waals surface area contributed by atoms with Gasteiger partial charge in [-0.25, -0.2) is 4.98 Å². The lowest BCUT2D eigenvalue weighted by atomic mass is 10.2. The predicted octanol–water partition coefficient (Wildman–Crippen LogP) is 3.94. The number of aromatic nitrogens is 2. The molecule has 0 radical (unpaired) electrons. The number of aryl methyl sites for hydroxylation is 2. The van der Waals surface area contributed by atoms with Gasteiger partial charge in [-0.15, -0.1) is 11.3 Å². The Kier molecular flexibility index (Phi) is 3.91. The van der Waals surface area contributed by atoms with Crippen LogP contribution in [0.4, 0.5) is 0 Å². The van der Waals surface area contributed by atoms with Crippen LogP contribution >= 0.6 is 23.1 Å². The quantitative estimate of drug-likeness (QED) is 0.529. The normalized spacial score (nSPS) is 14.5. The molecule has 2 heterocycles. The fraction of sp³-hybridized carbons (Fsp3) is 0.278. The number of rotatable bonds is 3. The molecule has 1 atom stereocenters. The standard InChI is InChI=1S/C18H15N3OS2/c1-11(10-19)23-18-20-16-15(13-8-5-9-14(13)24-16)17(22)21(18)12-6-3-2-4-7-12/h2-4,6-7,11H,5,8-9H2,1H3. The van der Waals surface area contributed by atoms with Crippen molar-refractivity contribution in [3.63, 3.8) is 0 Å². The van der Waals surface area contributed by atoms with E-state index >= 15 is 0 Å². The zero-order chi connectivity index (χ0) is 16.7. The van der Waals surface area contributed by atoms with Gasteiger partial charge in [-0.1, -0.05) is 30.0 Å². The summed E-state index contributed by atoms with van der Waals surface area (Å²) in [5.41, 5.74) is 1.96. The van der Waals surface area contributed by atoms with Gasteiger partial charge in [-0.2, -0.15) is 5.26 Å². The van der Waals surface area contributed by atoms with Crippen molar-refractivity contribution in [1.29, 1.82) is 5.26 Å². The van der Waals surface area contributed by atoms with Crippen molar-refractivity contribution < 1.29 is 0 Å². The molecule has 0 fully saturated rings. The van der Waals surface area contributed by atoms with E-state index in [1.165, 1.54) is 22.2 Å². The summed E-state index contributed by atoms with van der Waals surface area (Å²) in [6, 6.07) is 11.8. The lowest BCUT2D eigenvalue weighted by Gasteiger charge is -2.13. The molecule has 0 N–H and O–H groups in total. The number of nitriles is 1. The van der Waals surface area contributed by atoms with E-state index in [-0.39, 0.29) is 10.8 Å². The Morgan fingerprint density at radius 3 is 2.88 bits per heavy atom. The van der Waals surface area contributed by atoms with Crippen LogP contribution in [0, 0.1) is 11.3 Å². The largest absolute Gasteiger partial charge is 0.268 e. The third-order valence-electron chi connectivity index (χ3n) is 4.19. The Balaban J connectivity index is 2.02. The molecule has 4 rings (SSSR count). The van der Waals surface area contributed by atoms with E-state index in [2.05, 4.69) is 6.07 Å². The third kappa shape index (κ3) is 2.45. The summed E-state index contributed by atoms with van der Waals surface area (Å²) in [5.74, 6) is 0. The molecule has 3 aromatic rings. The van der Waals surface area contributed by atoms with Crippen LogP contribution in [0.15, 0.2) is 40.3 Å². The van der Waals surface area contributed by atoms with Gasteiger partial charge in [-0.3, -0.25) is 9.36 Å². The summed E-state index contributed by atoms with van der Waals surface area (Å²) in [6.07, 6.45) is 3.12. The summed E-state index contributed by atoms with van der Waals surface area (Å²) in [4.78, 5) is 20.1. The van der Waals surface area contributed by atoms with Crippen LogP contribution < -0.4 is 5.56 Å². The fourth-order valence-corrected chi connectivity index (χ4v) is 5.21. The van der Waals surface area contributed by atoms with Crippen LogP contribution in [0.1, 0.15) is 23.8 Å². The van der Waals surface area contributed by atoms with Gasteiger partial charge < -0.3 is 0 Å². The van der Waals surface area contributed by atoms with Gasteiger partial charge in [0.05, 0.1) is 22.4 Å². The van der Waals surface area contributed by atoms with Crippen molar-refractivity contribution >= 4 is 33.3 Å². The third-order valence-corrected chi connectivity index (χ3v) is 6.32. The minimum absolute atomic E-state index is 0.0155. The molecule has 1 aromatic carbocycles. The van der Waals surface area contributed by atoms with Crippen LogP contribution in [0.3, 0.4) is 0 Å². The lowest BCUT2D eigenvalue weighted by molar-refractivity contribution is 0.818. The van der Waals surface area contributed by atoms with Gasteiger partial charge in [-0.05, 0) is 43.9 Å². The highest BCUT2D eigenvalue weighted by Gasteiger charge is 2.24. The van der Waals surface area contributed by atoms with E-state index in [0.29, 0.717) is 5.16 Å². The first kappa shape index (κ1) is 15.4. The maximum Gasteiger partial charge on any atom is 0.267 e. The fourth-order valence-electron chi connectivity index (χ4n) is 3.09. The van der Waals surface area contributed by atoms with Crippen molar-refractivity contribution in [3.8, 4) is 11.8 Å². The van der Waals surface area contributed by atoms with Crippen molar-refractivity contribution in [2.45, 2.75) is 36.6 Å². The molecule has 6 heteroatoms.